The first kappa shape index (κ1) is 17.4. The average Bonchev–Trinajstić information content (AvgIpc) is 3.20. The standard InChI is InChI=1S/C20H12Cl2N2O3/c21-13-4-1-3-12(9-13)18-8-7-16(27-18)11-17-19(25)24(20(26)23-17)15-6-2-5-14(22)10-15/h1-11H,(H,23,26)/b17-11+. The highest BCUT2D eigenvalue weighted by Gasteiger charge is 2.35. The molecule has 1 aliphatic heterocycles. The normalized spacial score (nSPS) is 15.5. The van der Waals surface area contributed by atoms with E-state index in [0.29, 0.717) is 27.3 Å². The van der Waals surface area contributed by atoms with E-state index < -0.39 is 11.9 Å². The summed E-state index contributed by atoms with van der Waals surface area (Å²) in [5, 5.41) is 3.58. The summed E-state index contributed by atoms with van der Waals surface area (Å²) < 4.78 is 5.75. The highest BCUT2D eigenvalue weighted by molar-refractivity contribution is 6.32. The monoisotopic (exact) mass is 398 g/mol. The van der Waals surface area contributed by atoms with Crippen LogP contribution in [0.25, 0.3) is 17.4 Å². The molecular weight excluding hydrogens is 387 g/mol. The van der Waals surface area contributed by atoms with Gasteiger partial charge in [-0.05, 0) is 42.5 Å². The van der Waals surface area contributed by atoms with E-state index >= 15 is 0 Å². The topological polar surface area (TPSA) is 62.6 Å². The predicted octanol–water partition coefficient (Wildman–Crippen LogP) is 5.35. The van der Waals surface area contributed by atoms with Gasteiger partial charge in [0.2, 0.25) is 0 Å². The lowest BCUT2D eigenvalue weighted by atomic mass is 10.2. The number of hydrogen-bond donors (Lipinski definition) is 1. The molecule has 5 nitrogen and oxygen atoms in total. The molecule has 0 saturated carbocycles. The van der Waals surface area contributed by atoms with Crippen LogP contribution in [0.4, 0.5) is 10.5 Å². The number of benzene rings is 2. The number of nitrogens with one attached hydrogen (secondary N) is 1. The van der Waals surface area contributed by atoms with Crippen LogP contribution in [0.1, 0.15) is 5.76 Å². The van der Waals surface area contributed by atoms with Gasteiger partial charge in [0.05, 0.1) is 5.69 Å². The second-order valence-electron chi connectivity index (χ2n) is 5.82. The molecule has 1 aliphatic rings. The van der Waals surface area contributed by atoms with E-state index in [1.165, 1.54) is 6.08 Å². The number of anilines is 1. The van der Waals surface area contributed by atoms with Gasteiger partial charge in [-0.15, -0.1) is 0 Å². The molecule has 134 valence electrons. The van der Waals surface area contributed by atoms with Gasteiger partial charge in [-0.3, -0.25) is 4.79 Å². The van der Waals surface area contributed by atoms with Crippen molar-refractivity contribution in [2.45, 2.75) is 0 Å². The Labute approximate surface area is 164 Å². The molecule has 1 saturated heterocycles. The van der Waals surface area contributed by atoms with Crippen molar-refractivity contribution in [1.29, 1.82) is 0 Å². The third-order valence-corrected chi connectivity index (χ3v) is 4.44. The number of imide groups is 1. The van der Waals surface area contributed by atoms with Gasteiger partial charge in [0.25, 0.3) is 5.91 Å². The fourth-order valence-corrected chi connectivity index (χ4v) is 3.13. The quantitative estimate of drug-likeness (QED) is 0.477. The third kappa shape index (κ3) is 3.47. The van der Waals surface area contributed by atoms with Gasteiger partial charge in [-0.25, -0.2) is 9.69 Å². The summed E-state index contributed by atoms with van der Waals surface area (Å²) in [4.78, 5) is 25.9. The maximum Gasteiger partial charge on any atom is 0.333 e. The first-order valence-electron chi connectivity index (χ1n) is 8.00. The molecular formula is C20H12Cl2N2O3. The highest BCUT2D eigenvalue weighted by Crippen LogP contribution is 2.28. The molecule has 3 aromatic rings. The van der Waals surface area contributed by atoms with E-state index in [1.807, 2.05) is 12.1 Å². The molecule has 1 N–H and O–H groups in total. The molecule has 1 fully saturated rings. The summed E-state index contributed by atoms with van der Waals surface area (Å²) in [5.41, 5.74) is 1.33. The van der Waals surface area contributed by atoms with Crippen molar-refractivity contribution < 1.29 is 14.0 Å². The zero-order valence-corrected chi connectivity index (χ0v) is 15.3. The van der Waals surface area contributed by atoms with Crippen LogP contribution in [0, 0.1) is 0 Å². The van der Waals surface area contributed by atoms with Crippen LogP contribution in [0.15, 0.2) is 70.8 Å². The number of rotatable bonds is 3. The van der Waals surface area contributed by atoms with Crippen molar-refractivity contribution >= 4 is 46.9 Å². The first-order chi connectivity index (χ1) is 13.0. The van der Waals surface area contributed by atoms with Crippen molar-refractivity contribution in [2.24, 2.45) is 0 Å². The summed E-state index contributed by atoms with van der Waals surface area (Å²) in [6, 6.07) is 16.7. The van der Waals surface area contributed by atoms with Crippen molar-refractivity contribution in [2.75, 3.05) is 4.90 Å². The number of nitrogens with zero attached hydrogens (tertiary/aromatic N) is 1. The third-order valence-electron chi connectivity index (χ3n) is 3.97. The van der Waals surface area contributed by atoms with E-state index in [0.717, 1.165) is 10.5 Å². The van der Waals surface area contributed by atoms with E-state index in [1.54, 1.807) is 48.5 Å². The van der Waals surface area contributed by atoms with E-state index in [4.69, 9.17) is 27.6 Å². The summed E-state index contributed by atoms with van der Waals surface area (Å²) >= 11 is 11.9. The molecule has 0 bridgehead atoms. The second kappa shape index (κ2) is 6.95. The average molecular weight is 399 g/mol. The molecule has 7 heteroatoms. The zero-order valence-electron chi connectivity index (χ0n) is 13.8. The maximum atomic E-state index is 12.6. The first-order valence-corrected chi connectivity index (χ1v) is 8.75. The Morgan fingerprint density at radius 1 is 0.926 bits per heavy atom. The number of hydrogen-bond acceptors (Lipinski definition) is 3. The van der Waals surface area contributed by atoms with Crippen molar-refractivity contribution in [1.82, 2.24) is 5.32 Å². The Morgan fingerprint density at radius 2 is 1.67 bits per heavy atom. The van der Waals surface area contributed by atoms with Gasteiger partial charge in [-0.1, -0.05) is 41.4 Å². The van der Waals surface area contributed by atoms with Crippen LogP contribution in [-0.4, -0.2) is 11.9 Å². The Balaban J connectivity index is 1.62. The molecule has 0 spiro atoms. The van der Waals surface area contributed by atoms with Crippen LogP contribution < -0.4 is 10.2 Å². The van der Waals surface area contributed by atoms with Crippen molar-refractivity contribution in [3.63, 3.8) is 0 Å². The Hall–Kier alpha value is -3.02. The number of carbonyl (C=O) groups is 2. The number of urea groups is 1. The van der Waals surface area contributed by atoms with Crippen LogP contribution >= 0.6 is 23.2 Å². The largest absolute Gasteiger partial charge is 0.457 e. The lowest BCUT2D eigenvalue weighted by molar-refractivity contribution is -0.113. The summed E-state index contributed by atoms with van der Waals surface area (Å²) in [7, 11) is 0. The van der Waals surface area contributed by atoms with E-state index in [9.17, 15) is 9.59 Å². The molecule has 0 atom stereocenters. The summed E-state index contributed by atoms with van der Waals surface area (Å²) in [6.07, 6.45) is 1.48. The van der Waals surface area contributed by atoms with Gasteiger partial charge < -0.3 is 9.73 Å². The SMILES string of the molecule is O=C1N/C(=C/c2ccc(-c3cccc(Cl)c3)o2)C(=O)N1c1cccc(Cl)c1. The number of amides is 3. The van der Waals surface area contributed by atoms with E-state index in [-0.39, 0.29) is 5.70 Å². The number of carbonyl (C=O) groups excluding carboxylic acids is 2. The zero-order chi connectivity index (χ0) is 19.0. The molecule has 0 unspecified atom stereocenters. The minimum atomic E-state index is -0.546. The number of halogens is 2. The van der Waals surface area contributed by atoms with Gasteiger partial charge in [0, 0.05) is 21.7 Å². The van der Waals surface area contributed by atoms with Crippen LogP contribution in [-0.2, 0) is 4.79 Å². The highest BCUT2D eigenvalue weighted by atomic mass is 35.5. The van der Waals surface area contributed by atoms with Crippen LogP contribution in [0.5, 0.6) is 0 Å². The molecule has 4 rings (SSSR count). The smallest absolute Gasteiger partial charge is 0.333 e. The second-order valence-corrected chi connectivity index (χ2v) is 6.69. The van der Waals surface area contributed by atoms with Crippen LogP contribution in [0.2, 0.25) is 10.0 Å². The minimum absolute atomic E-state index is 0.118. The van der Waals surface area contributed by atoms with Gasteiger partial charge in [-0.2, -0.15) is 0 Å². The molecule has 0 aliphatic carbocycles. The molecule has 1 aromatic heterocycles. The molecule has 3 amide bonds. The summed E-state index contributed by atoms with van der Waals surface area (Å²) in [5.74, 6) is 0.553. The van der Waals surface area contributed by atoms with Gasteiger partial charge >= 0.3 is 6.03 Å². The summed E-state index contributed by atoms with van der Waals surface area (Å²) in [6.45, 7) is 0. The fourth-order valence-electron chi connectivity index (χ4n) is 2.75. The Bertz CT molecular complexity index is 1090. The minimum Gasteiger partial charge on any atom is -0.457 e. The molecule has 2 heterocycles. The molecule has 27 heavy (non-hydrogen) atoms. The maximum absolute atomic E-state index is 12.6. The molecule has 0 radical (unpaired) electrons. The Morgan fingerprint density at radius 3 is 2.41 bits per heavy atom. The lowest BCUT2D eigenvalue weighted by Crippen LogP contribution is -2.30. The number of furan rings is 1. The fraction of sp³-hybridized carbons (Fsp3) is 0. The Kier molecular flexibility index (Phi) is 4.48. The van der Waals surface area contributed by atoms with Crippen molar-refractivity contribution in [3.05, 3.63) is 82.2 Å². The van der Waals surface area contributed by atoms with E-state index in [2.05, 4.69) is 5.32 Å². The van der Waals surface area contributed by atoms with Crippen LogP contribution in [0.3, 0.4) is 0 Å². The predicted molar refractivity (Wildman–Crippen MR) is 105 cm³/mol. The van der Waals surface area contributed by atoms with Crippen molar-refractivity contribution in [3.8, 4) is 11.3 Å². The molecule has 2 aromatic carbocycles. The van der Waals surface area contributed by atoms with Gasteiger partial charge in [0.15, 0.2) is 0 Å². The van der Waals surface area contributed by atoms with Gasteiger partial charge in [0.1, 0.15) is 17.2 Å². The lowest BCUT2D eigenvalue weighted by Gasteiger charge is -2.11.